The van der Waals surface area contributed by atoms with Gasteiger partial charge in [0.15, 0.2) is 0 Å². The van der Waals surface area contributed by atoms with Gasteiger partial charge in [-0.05, 0) is 13.8 Å². The smallest absolute Gasteiger partial charge is 0.372 e. The number of ketones is 1. The Morgan fingerprint density at radius 2 is 1.33 bits per heavy atom. The number of aliphatic hydroxyl groups is 1. The lowest BCUT2D eigenvalue weighted by Crippen LogP contribution is -2.18. The molecule has 72 valence electrons. The lowest BCUT2D eigenvalue weighted by molar-refractivity contribution is -0.150. The summed E-state index contributed by atoms with van der Waals surface area (Å²) >= 11 is 0. The number of carbonyl (C=O) groups is 2. The first-order chi connectivity index (χ1) is 5.29. The Balaban J connectivity index is 0. The molecule has 0 amide bonds. The largest absolute Gasteiger partial charge is 0.475 e. The monoisotopic (exact) mass is 176 g/mol. The van der Waals surface area contributed by atoms with Crippen molar-refractivity contribution >= 4 is 11.8 Å². The molecule has 0 bridgehead atoms. The Labute approximate surface area is 72.2 Å². The molecule has 0 aliphatic rings. The van der Waals surface area contributed by atoms with Crippen LogP contribution in [0.4, 0.5) is 0 Å². The van der Waals surface area contributed by atoms with E-state index in [2.05, 4.69) is 0 Å². The van der Waals surface area contributed by atoms with Gasteiger partial charge in [-0.25, -0.2) is 4.79 Å². The van der Waals surface area contributed by atoms with Crippen LogP contribution in [0.3, 0.4) is 0 Å². The van der Waals surface area contributed by atoms with Gasteiger partial charge in [-0.3, -0.25) is 4.79 Å². The maximum Gasteiger partial charge on any atom is 0.372 e. The molecular weight excluding hydrogens is 160 g/mol. The first-order valence-corrected chi connectivity index (χ1v) is 3.74. The molecule has 4 heteroatoms. The summed E-state index contributed by atoms with van der Waals surface area (Å²) in [6.07, 6.45) is -0.167. The Bertz CT molecular complexity index is 146. The number of rotatable bonds is 2. The van der Waals surface area contributed by atoms with Crippen LogP contribution >= 0.6 is 0 Å². The van der Waals surface area contributed by atoms with Crippen LogP contribution in [0.5, 0.6) is 0 Å². The standard InChI is InChI=1S/C5H8O3.C3H8O/c1-3(2)4(6)5(7)8;1-3(2)4/h3H,1-2H3,(H,7,8);3-4H,1-2H3. The molecule has 0 aliphatic carbocycles. The molecule has 0 radical (unpaired) electrons. The predicted octanol–water partition coefficient (Wildman–Crippen LogP) is 0.683. The molecular formula is C8H16O4. The zero-order chi connectivity index (χ0) is 10.3. The third-order valence-corrected chi connectivity index (χ3v) is 0.735. The second-order valence-electron chi connectivity index (χ2n) is 2.92. The SMILES string of the molecule is CC(C)C(=O)C(=O)O.CC(C)O. The van der Waals surface area contributed by atoms with Gasteiger partial charge in [-0.1, -0.05) is 13.8 Å². The van der Waals surface area contributed by atoms with E-state index in [1.807, 2.05) is 0 Å². The van der Waals surface area contributed by atoms with E-state index in [0.29, 0.717) is 0 Å². The Morgan fingerprint density at radius 3 is 1.33 bits per heavy atom. The third-order valence-electron chi connectivity index (χ3n) is 0.735. The number of carboxylic acids is 1. The fourth-order valence-electron chi connectivity index (χ4n) is 0.247. The summed E-state index contributed by atoms with van der Waals surface area (Å²) in [5.74, 6) is -2.47. The third kappa shape index (κ3) is 11.8. The summed E-state index contributed by atoms with van der Waals surface area (Å²) in [4.78, 5) is 20.0. The highest BCUT2D eigenvalue weighted by Crippen LogP contribution is 1.92. The number of hydrogen-bond donors (Lipinski definition) is 2. The molecule has 0 spiro atoms. The van der Waals surface area contributed by atoms with Crippen molar-refractivity contribution < 1.29 is 19.8 Å². The van der Waals surface area contributed by atoms with Crippen LogP contribution in [-0.2, 0) is 9.59 Å². The molecule has 2 N–H and O–H groups in total. The summed E-state index contributed by atoms with van der Waals surface area (Å²) in [6, 6.07) is 0. The minimum atomic E-state index is -1.35. The molecule has 0 saturated carbocycles. The van der Waals surface area contributed by atoms with E-state index in [-0.39, 0.29) is 6.10 Å². The van der Waals surface area contributed by atoms with Crippen molar-refractivity contribution in [2.24, 2.45) is 5.92 Å². The number of carbonyl (C=O) groups excluding carboxylic acids is 1. The maximum atomic E-state index is 10.2. The van der Waals surface area contributed by atoms with Crippen molar-refractivity contribution in [1.29, 1.82) is 0 Å². The van der Waals surface area contributed by atoms with Crippen LogP contribution in [0.15, 0.2) is 0 Å². The molecule has 0 atom stereocenters. The summed E-state index contributed by atoms with van der Waals surface area (Å²) in [5.41, 5.74) is 0. The van der Waals surface area contributed by atoms with E-state index in [4.69, 9.17) is 10.2 Å². The van der Waals surface area contributed by atoms with Gasteiger partial charge in [0.2, 0.25) is 5.78 Å². The minimum Gasteiger partial charge on any atom is -0.475 e. The molecule has 12 heavy (non-hydrogen) atoms. The Hall–Kier alpha value is -0.900. The van der Waals surface area contributed by atoms with Gasteiger partial charge < -0.3 is 10.2 Å². The van der Waals surface area contributed by atoms with E-state index < -0.39 is 17.7 Å². The summed E-state index contributed by atoms with van der Waals surface area (Å²) in [5, 5.41) is 16.1. The van der Waals surface area contributed by atoms with E-state index in [9.17, 15) is 9.59 Å². The van der Waals surface area contributed by atoms with Crippen molar-refractivity contribution in [1.82, 2.24) is 0 Å². The maximum absolute atomic E-state index is 10.2. The van der Waals surface area contributed by atoms with Crippen LogP contribution in [0.1, 0.15) is 27.7 Å². The average molecular weight is 176 g/mol. The van der Waals surface area contributed by atoms with Crippen LogP contribution in [0, 0.1) is 5.92 Å². The summed E-state index contributed by atoms with van der Waals surface area (Å²) in [6.45, 7) is 6.55. The van der Waals surface area contributed by atoms with Crippen molar-refractivity contribution in [2.45, 2.75) is 33.8 Å². The fraction of sp³-hybridized carbons (Fsp3) is 0.750. The molecule has 0 unspecified atom stereocenters. The molecule has 0 fully saturated rings. The zero-order valence-corrected chi connectivity index (χ0v) is 7.87. The number of Topliss-reactive ketones (excluding diaryl/α,β-unsaturated/α-hetero) is 1. The molecule has 0 aromatic carbocycles. The highest BCUT2D eigenvalue weighted by Gasteiger charge is 2.14. The van der Waals surface area contributed by atoms with Crippen LogP contribution in [-0.4, -0.2) is 28.1 Å². The Kier molecular flexibility index (Phi) is 7.73. The average Bonchev–Trinajstić information content (AvgIpc) is 1.84. The molecule has 0 aromatic rings. The van der Waals surface area contributed by atoms with Gasteiger partial charge in [0.05, 0.1) is 0 Å². The van der Waals surface area contributed by atoms with Crippen molar-refractivity contribution in [3.05, 3.63) is 0 Å². The predicted molar refractivity (Wildman–Crippen MR) is 44.8 cm³/mol. The van der Waals surface area contributed by atoms with E-state index in [1.54, 1.807) is 27.7 Å². The lowest BCUT2D eigenvalue weighted by Gasteiger charge is -1.93. The molecule has 4 nitrogen and oxygen atoms in total. The van der Waals surface area contributed by atoms with Crippen LogP contribution in [0.2, 0.25) is 0 Å². The molecule has 0 aliphatic heterocycles. The first-order valence-electron chi connectivity index (χ1n) is 3.74. The number of hydrogen-bond acceptors (Lipinski definition) is 3. The van der Waals surface area contributed by atoms with E-state index in [0.717, 1.165) is 0 Å². The summed E-state index contributed by atoms with van der Waals surface area (Å²) in [7, 11) is 0. The van der Waals surface area contributed by atoms with Crippen molar-refractivity contribution in [3.8, 4) is 0 Å². The topological polar surface area (TPSA) is 74.6 Å². The molecule has 0 heterocycles. The number of aliphatic carboxylic acids is 1. The highest BCUT2D eigenvalue weighted by atomic mass is 16.4. The second kappa shape index (κ2) is 6.79. The van der Waals surface area contributed by atoms with Gasteiger partial charge in [-0.2, -0.15) is 0 Å². The summed E-state index contributed by atoms with van der Waals surface area (Å²) < 4.78 is 0. The Morgan fingerprint density at radius 1 is 1.08 bits per heavy atom. The first kappa shape index (κ1) is 13.7. The van der Waals surface area contributed by atoms with E-state index in [1.165, 1.54) is 0 Å². The molecule has 0 rings (SSSR count). The van der Waals surface area contributed by atoms with Gasteiger partial charge in [0.25, 0.3) is 0 Å². The number of aliphatic hydroxyl groups excluding tert-OH is 1. The zero-order valence-electron chi connectivity index (χ0n) is 7.87. The molecule has 0 aromatic heterocycles. The molecule has 0 saturated heterocycles. The van der Waals surface area contributed by atoms with Gasteiger partial charge in [0, 0.05) is 12.0 Å². The second-order valence-corrected chi connectivity index (χ2v) is 2.92. The van der Waals surface area contributed by atoms with Gasteiger partial charge >= 0.3 is 5.97 Å². The van der Waals surface area contributed by atoms with Crippen molar-refractivity contribution in [3.63, 3.8) is 0 Å². The quantitative estimate of drug-likeness (QED) is 0.607. The van der Waals surface area contributed by atoms with Crippen LogP contribution in [0.25, 0.3) is 0 Å². The normalized spacial score (nSPS) is 9.25. The van der Waals surface area contributed by atoms with Crippen molar-refractivity contribution in [2.75, 3.05) is 0 Å². The van der Waals surface area contributed by atoms with Crippen LogP contribution < -0.4 is 0 Å². The fourth-order valence-corrected chi connectivity index (χ4v) is 0.247. The van der Waals surface area contributed by atoms with Gasteiger partial charge in [-0.15, -0.1) is 0 Å². The highest BCUT2D eigenvalue weighted by molar-refractivity contribution is 6.33. The lowest BCUT2D eigenvalue weighted by atomic mass is 10.1. The van der Waals surface area contributed by atoms with E-state index >= 15 is 0 Å². The minimum absolute atomic E-state index is 0.167. The number of carboxylic acid groups (broad SMARTS) is 1. The van der Waals surface area contributed by atoms with Gasteiger partial charge in [0.1, 0.15) is 0 Å².